The molecular weight excluding hydrogens is 288 g/mol. The Balaban J connectivity index is 0. The van der Waals surface area contributed by atoms with Gasteiger partial charge in [-0.25, -0.2) is 0 Å². The SMILES string of the molecule is CC(C#N)CN=NCC(C)C#N.N#[N+]c1ccccc1.[Cl-]. The topological polar surface area (TPSA) is 100 Å². The number of hydrogen-bond acceptors (Lipinski definition) is 5. The van der Waals surface area contributed by atoms with Crippen molar-refractivity contribution in [1.29, 1.82) is 15.9 Å². The monoisotopic (exact) mass is 304 g/mol. The Morgan fingerprint density at radius 1 is 1.00 bits per heavy atom. The molecule has 0 spiro atoms. The third-order valence-corrected chi connectivity index (χ3v) is 2.12. The molecule has 0 heterocycles. The first-order valence-electron chi connectivity index (χ1n) is 6.16. The van der Waals surface area contributed by atoms with E-state index in [2.05, 4.69) is 15.2 Å². The highest BCUT2D eigenvalue weighted by atomic mass is 35.5. The van der Waals surface area contributed by atoms with Crippen LogP contribution in [-0.4, -0.2) is 13.1 Å². The summed E-state index contributed by atoms with van der Waals surface area (Å²) in [7, 11) is 0. The summed E-state index contributed by atoms with van der Waals surface area (Å²) in [5.74, 6) is -0.183. The first-order valence-corrected chi connectivity index (χ1v) is 6.16. The molecule has 7 heteroatoms. The molecule has 0 radical (unpaired) electrons. The smallest absolute Gasteiger partial charge is 0.385 e. The summed E-state index contributed by atoms with van der Waals surface area (Å²) in [6.45, 7) is 4.42. The molecular formula is C14H17ClN6. The highest BCUT2D eigenvalue weighted by molar-refractivity contribution is 5.42. The van der Waals surface area contributed by atoms with E-state index in [1.807, 2.05) is 30.3 Å². The third kappa shape index (κ3) is 12.3. The lowest BCUT2D eigenvalue weighted by atomic mass is 10.2. The average Bonchev–Trinajstić information content (AvgIpc) is 2.52. The molecule has 2 atom stereocenters. The molecule has 0 fully saturated rings. The normalized spacial score (nSPS) is 11.6. The van der Waals surface area contributed by atoms with Gasteiger partial charge in [-0.15, -0.1) is 0 Å². The summed E-state index contributed by atoms with van der Waals surface area (Å²) in [5.41, 5.74) is 0.590. The van der Waals surface area contributed by atoms with Crippen LogP contribution in [0.2, 0.25) is 0 Å². The zero-order valence-electron chi connectivity index (χ0n) is 12.0. The van der Waals surface area contributed by atoms with Gasteiger partial charge in [-0.2, -0.15) is 20.8 Å². The van der Waals surface area contributed by atoms with Crippen molar-refractivity contribution in [3.05, 3.63) is 35.3 Å². The first kappa shape index (κ1) is 20.8. The molecule has 0 aliphatic rings. The zero-order valence-corrected chi connectivity index (χ0v) is 12.8. The molecule has 2 unspecified atom stereocenters. The number of nitrogens with zero attached hydrogens (tertiary/aromatic N) is 6. The maximum atomic E-state index is 8.39. The first-order chi connectivity index (χ1) is 9.63. The standard InChI is InChI=1S/C8H12N4.C6H5N2.ClH/c1-7(3-9)5-11-12-6-8(2)4-10;7-8-6-4-2-1-3-5-6;/h7-8H,5-6H2,1-2H3;1-5H;1H/q;+1;/p-1. The zero-order chi connectivity index (χ0) is 15.2. The van der Waals surface area contributed by atoms with Gasteiger partial charge in [0.15, 0.2) is 4.98 Å². The second-order valence-corrected chi connectivity index (χ2v) is 4.14. The van der Waals surface area contributed by atoms with Crippen LogP contribution in [0.5, 0.6) is 0 Å². The van der Waals surface area contributed by atoms with Crippen LogP contribution >= 0.6 is 0 Å². The lowest BCUT2D eigenvalue weighted by molar-refractivity contribution is -0.00000507. The predicted molar refractivity (Wildman–Crippen MR) is 75.3 cm³/mol. The second-order valence-electron chi connectivity index (χ2n) is 4.14. The van der Waals surface area contributed by atoms with Crippen molar-refractivity contribution in [2.24, 2.45) is 22.1 Å². The molecule has 0 bridgehead atoms. The van der Waals surface area contributed by atoms with Crippen molar-refractivity contribution in [3.63, 3.8) is 0 Å². The van der Waals surface area contributed by atoms with Gasteiger partial charge in [0.1, 0.15) is 0 Å². The van der Waals surface area contributed by atoms with E-state index in [1.54, 1.807) is 26.0 Å². The quantitative estimate of drug-likeness (QED) is 0.611. The molecule has 0 saturated heterocycles. The summed E-state index contributed by atoms with van der Waals surface area (Å²) in [6.07, 6.45) is 0. The van der Waals surface area contributed by atoms with Crippen LogP contribution in [0.3, 0.4) is 0 Å². The Bertz CT molecular complexity index is 499. The van der Waals surface area contributed by atoms with Gasteiger partial charge >= 0.3 is 5.69 Å². The molecule has 0 saturated carbocycles. The number of azo groups is 1. The molecule has 1 aromatic carbocycles. The van der Waals surface area contributed by atoms with Crippen LogP contribution in [-0.2, 0) is 0 Å². The summed E-state index contributed by atoms with van der Waals surface area (Å²) in [5, 5.41) is 32.5. The fraction of sp³-hybridized carbons (Fsp3) is 0.429. The summed E-state index contributed by atoms with van der Waals surface area (Å²) < 4.78 is 0. The lowest BCUT2D eigenvalue weighted by Gasteiger charge is -1.95. The van der Waals surface area contributed by atoms with Gasteiger partial charge in [0.25, 0.3) is 0 Å². The Labute approximate surface area is 131 Å². The maximum absolute atomic E-state index is 8.39. The van der Waals surface area contributed by atoms with Crippen LogP contribution in [0, 0.1) is 39.9 Å². The Hall–Kier alpha value is -2.49. The number of halogens is 1. The number of hydrogen-bond donors (Lipinski definition) is 0. The second kappa shape index (κ2) is 13.9. The van der Waals surface area contributed by atoms with Gasteiger partial charge in [-0.05, 0) is 13.8 Å². The van der Waals surface area contributed by atoms with E-state index < -0.39 is 0 Å². The highest BCUT2D eigenvalue weighted by Gasteiger charge is 1.98. The van der Waals surface area contributed by atoms with Gasteiger partial charge in [0.05, 0.1) is 37.1 Å². The molecule has 1 aromatic rings. The van der Waals surface area contributed by atoms with E-state index in [9.17, 15) is 0 Å². The molecule has 0 amide bonds. The number of rotatable bonds is 4. The third-order valence-electron chi connectivity index (χ3n) is 2.12. The summed E-state index contributed by atoms with van der Waals surface area (Å²) >= 11 is 0. The minimum atomic E-state index is -0.0915. The van der Waals surface area contributed by atoms with Gasteiger partial charge in [-0.1, -0.05) is 18.2 Å². The van der Waals surface area contributed by atoms with Crippen LogP contribution in [0.25, 0.3) is 4.98 Å². The van der Waals surface area contributed by atoms with E-state index in [0.29, 0.717) is 18.8 Å². The van der Waals surface area contributed by atoms with Crippen LogP contribution in [0.1, 0.15) is 13.8 Å². The van der Waals surface area contributed by atoms with Crippen LogP contribution in [0.4, 0.5) is 5.69 Å². The van der Waals surface area contributed by atoms with Crippen molar-refractivity contribution in [3.8, 4) is 12.1 Å². The van der Waals surface area contributed by atoms with E-state index in [0.717, 1.165) is 0 Å². The minimum Gasteiger partial charge on any atom is -1.00 e. The van der Waals surface area contributed by atoms with E-state index in [1.165, 1.54) is 0 Å². The molecule has 0 aliphatic carbocycles. The van der Waals surface area contributed by atoms with E-state index in [4.69, 9.17) is 15.9 Å². The Kier molecular flexibility index (Phi) is 13.8. The maximum Gasteiger partial charge on any atom is 0.385 e. The van der Waals surface area contributed by atoms with Gasteiger partial charge in [0, 0.05) is 12.1 Å². The van der Waals surface area contributed by atoms with Crippen molar-refractivity contribution in [2.75, 3.05) is 13.1 Å². The van der Waals surface area contributed by atoms with Crippen molar-refractivity contribution in [1.82, 2.24) is 0 Å². The molecule has 110 valence electrons. The molecule has 6 nitrogen and oxygen atoms in total. The predicted octanol–water partition coefficient (Wildman–Crippen LogP) is 0.933. The van der Waals surface area contributed by atoms with Crippen molar-refractivity contribution >= 4 is 5.69 Å². The Morgan fingerprint density at radius 3 is 1.71 bits per heavy atom. The molecule has 0 aliphatic heterocycles. The van der Waals surface area contributed by atoms with Gasteiger partial charge < -0.3 is 12.4 Å². The summed E-state index contributed by atoms with van der Waals surface area (Å²) in [6, 6.07) is 13.0. The average molecular weight is 305 g/mol. The lowest BCUT2D eigenvalue weighted by Crippen LogP contribution is -3.00. The van der Waals surface area contributed by atoms with Crippen LogP contribution in [0.15, 0.2) is 40.6 Å². The fourth-order valence-corrected chi connectivity index (χ4v) is 0.937. The summed E-state index contributed by atoms with van der Waals surface area (Å²) in [4.78, 5) is 2.97. The molecule has 21 heavy (non-hydrogen) atoms. The highest BCUT2D eigenvalue weighted by Crippen LogP contribution is 2.07. The van der Waals surface area contributed by atoms with Crippen molar-refractivity contribution < 1.29 is 12.4 Å². The minimum absolute atomic E-state index is 0. The van der Waals surface area contributed by atoms with Gasteiger partial charge in [0.2, 0.25) is 5.39 Å². The van der Waals surface area contributed by atoms with Gasteiger partial charge in [-0.3, -0.25) is 0 Å². The molecule has 0 N–H and O–H groups in total. The Morgan fingerprint density at radius 2 is 1.43 bits per heavy atom. The van der Waals surface area contributed by atoms with E-state index >= 15 is 0 Å². The molecule has 0 aromatic heterocycles. The fourth-order valence-electron chi connectivity index (χ4n) is 0.937. The van der Waals surface area contributed by atoms with Crippen molar-refractivity contribution in [2.45, 2.75) is 13.8 Å². The number of benzene rings is 1. The molecule has 1 rings (SSSR count). The number of diazo groups is 1. The van der Waals surface area contributed by atoms with Crippen LogP contribution < -0.4 is 12.4 Å². The number of nitriles is 2. The van der Waals surface area contributed by atoms with E-state index in [-0.39, 0.29) is 24.2 Å². The largest absolute Gasteiger partial charge is 1.00 e.